The van der Waals surface area contributed by atoms with Crippen molar-refractivity contribution in [1.29, 1.82) is 0 Å². The molecule has 1 fully saturated rings. The summed E-state index contributed by atoms with van der Waals surface area (Å²) in [6, 6.07) is 10.9. The highest BCUT2D eigenvalue weighted by Crippen LogP contribution is 2.23. The van der Waals surface area contributed by atoms with Gasteiger partial charge in [-0.15, -0.1) is 0 Å². The number of aliphatic hydroxyl groups excluding tert-OH is 1. The zero-order valence-electron chi connectivity index (χ0n) is 13.5. The number of aliphatic hydroxyl groups is 1. The number of nitrogens with zero attached hydrogens (tertiary/aromatic N) is 1. The van der Waals surface area contributed by atoms with Gasteiger partial charge in [-0.05, 0) is 42.9 Å². The van der Waals surface area contributed by atoms with Crippen LogP contribution in [-0.2, 0) is 6.54 Å². The smallest absolute Gasteiger partial charge is 0.137 e. The number of hydrogen-bond acceptors (Lipinski definition) is 4. The number of nitrogens with one attached hydrogen (secondary N) is 1. The molecule has 1 aromatic heterocycles. The molecular weight excluding hydrogens is 288 g/mol. The highest BCUT2D eigenvalue weighted by Gasteiger charge is 2.19. The Morgan fingerprint density at radius 3 is 2.74 bits per heavy atom. The Balaban J connectivity index is 1.60. The fourth-order valence-corrected chi connectivity index (χ4v) is 3.11. The topological polar surface area (TPSA) is 54.4 Å². The van der Waals surface area contributed by atoms with Crippen molar-refractivity contribution in [1.82, 2.24) is 10.3 Å². The molecule has 23 heavy (non-hydrogen) atoms. The van der Waals surface area contributed by atoms with E-state index in [9.17, 15) is 5.11 Å². The monoisotopic (exact) mass is 312 g/mol. The van der Waals surface area contributed by atoms with Gasteiger partial charge in [0, 0.05) is 24.3 Å². The van der Waals surface area contributed by atoms with Crippen molar-refractivity contribution in [3.8, 4) is 16.9 Å². The van der Waals surface area contributed by atoms with E-state index in [1.165, 1.54) is 5.56 Å². The molecule has 1 aliphatic rings. The Kier molecular flexibility index (Phi) is 5.26. The first-order valence-corrected chi connectivity index (χ1v) is 8.24. The van der Waals surface area contributed by atoms with E-state index in [2.05, 4.69) is 34.6 Å². The lowest BCUT2D eigenvalue weighted by Crippen LogP contribution is -2.35. The average Bonchev–Trinajstić information content (AvgIpc) is 2.60. The van der Waals surface area contributed by atoms with Crippen molar-refractivity contribution >= 4 is 0 Å². The van der Waals surface area contributed by atoms with Crippen LogP contribution in [-0.4, -0.2) is 29.3 Å². The summed E-state index contributed by atoms with van der Waals surface area (Å²) >= 11 is 0. The van der Waals surface area contributed by atoms with Gasteiger partial charge < -0.3 is 15.2 Å². The quantitative estimate of drug-likeness (QED) is 0.890. The molecule has 1 aromatic carbocycles. The molecule has 2 N–H and O–H groups in total. The Morgan fingerprint density at radius 1 is 1.17 bits per heavy atom. The highest BCUT2D eigenvalue weighted by molar-refractivity contribution is 5.64. The Labute approximate surface area is 137 Å². The van der Waals surface area contributed by atoms with Crippen LogP contribution < -0.4 is 10.1 Å². The van der Waals surface area contributed by atoms with Gasteiger partial charge >= 0.3 is 0 Å². The third-order valence-electron chi connectivity index (χ3n) is 4.48. The molecule has 1 saturated carbocycles. The van der Waals surface area contributed by atoms with Gasteiger partial charge in [0.2, 0.25) is 0 Å². The molecule has 3 rings (SSSR count). The molecule has 0 unspecified atom stereocenters. The Hall–Kier alpha value is -1.91. The molecule has 0 spiro atoms. The van der Waals surface area contributed by atoms with Crippen molar-refractivity contribution in [3.63, 3.8) is 0 Å². The minimum Gasteiger partial charge on any atom is -0.495 e. The summed E-state index contributed by atoms with van der Waals surface area (Å²) in [5.41, 5.74) is 3.44. The minimum absolute atomic E-state index is 0.135. The van der Waals surface area contributed by atoms with E-state index in [-0.39, 0.29) is 6.10 Å². The van der Waals surface area contributed by atoms with Crippen molar-refractivity contribution in [2.24, 2.45) is 0 Å². The van der Waals surface area contributed by atoms with E-state index in [1.807, 2.05) is 12.3 Å². The van der Waals surface area contributed by atoms with Crippen LogP contribution in [0, 0.1) is 0 Å². The van der Waals surface area contributed by atoms with Gasteiger partial charge in [-0.25, -0.2) is 0 Å². The van der Waals surface area contributed by atoms with Crippen molar-refractivity contribution in [2.45, 2.75) is 44.4 Å². The SMILES string of the molecule is COc1cncc(-c2ccc(CN[C@H]3CCC[C@@H](O)C3)cc2)c1. The molecule has 2 aromatic rings. The van der Waals surface area contributed by atoms with Gasteiger partial charge in [0.25, 0.3) is 0 Å². The zero-order chi connectivity index (χ0) is 16.1. The average molecular weight is 312 g/mol. The van der Waals surface area contributed by atoms with Crippen LogP contribution in [0.3, 0.4) is 0 Å². The van der Waals surface area contributed by atoms with Gasteiger partial charge in [0.15, 0.2) is 0 Å². The van der Waals surface area contributed by atoms with E-state index in [0.29, 0.717) is 6.04 Å². The number of hydrogen-bond donors (Lipinski definition) is 2. The van der Waals surface area contributed by atoms with Crippen molar-refractivity contribution in [3.05, 3.63) is 48.3 Å². The summed E-state index contributed by atoms with van der Waals surface area (Å²) in [4.78, 5) is 4.20. The first-order valence-electron chi connectivity index (χ1n) is 8.24. The summed E-state index contributed by atoms with van der Waals surface area (Å²) in [6.07, 6.45) is 7.50. The van der Waals surface area contributed by atoms with Crippen molar-refractivity contribution < 1.29 is 9.84 Å². The molecule has 1 aliphatic carbocycles. The molecule has 1 heterocycles. The predicted molar refractivity (Wildman–Crippen MR) is 91.3 cm³/mol. The van der Waals surface area contributed by atoms with Crippen LogP contribution in [0.4, 0.5) is 0 Å². The normalized spacial score (nSPS) is 21.1. The van der Waals surface area contributed by atoms with Crippen LogP contribution in [0.5, 0.6) is 5.75 Å². The summed E-state index contributed by atoms with van der Waals surface area (Å²) in [6.45, 7) is 0.841. The molecule has 0 aliphatic heterocycles. The summed E-state index contributed by atoms with van der Waals surface area (Å²) in [5, 5.41) is 13.3. The number of ether oxygens (including phenoxy) is 1. The predicted octanol–water partition coefficient (Wildman–Crippen LogP) is 3.15. The second kappa shape index (κ2) is 7.57. The lowest BCUT2D eigenvalue weighted by Gasteiger charge is -2.26. The molecule has 4 nitrogen and oxygen atoms in total. The molecule has 4 heteroatoms. The fraction of sp³-hybridized carbons (Fsp3) is 0.421. The Morgan fingerprint density at radius 2 is 2.00 bits per heavy atom. The second-order valence-corrected chi connectivity index (χ2v) is 6.21. The molecule has 0 bridgehead atoms. The lowest BCUT2D eigenvalue weighted by atomic mass is 9.93. The second-order valence-electron chi connectivity index (χ2n) is 6.21. The van der Waals surface area contributed by atoms with Crippen LogP contribution in [0.2, 0.25) is 0 Å². The van der Waals surface area contributed by atoms with Crippen molar-refractivity contribution in [2.75, 3.05) is 7.11 Å². The van der Waals surface area contributed by atoms with Crippen LogP contribution in [0.1, 0.15) is 31.2 Å². The summed E-state index contributed by atoms with van der Waals surface area (Å²) < 4.78 is 5.22. The maximum Gasteiger partial charge on any atom is 0.137 e. The van der Waals surface area contributed by atoms with E-state index in [4.69, 9.17) is 4.74 Å². The van der Waals surface area contributed by atoms with Gasteiger partial charge in [-0.1, -0.05) is 24.3 Å². The van der Waals surface area contributed by atoms with Gasteiger partial charge in [-0.2, -0.15) is 0 Å². The number of aromatic nitrogens is 1. The van der Waals surface area contributed by atoms with Crippen LogP contribution in [0.15, 0.2) is 42.7 Å². The third-order valence-corrected chi connectivity index (χ3v) is 4.48. The van der Waals surface area contributed by atoms with E-state index in [1.54, 1.807) is 13.3 Å². The molecule has 2 atom stereocenters. The lowest BCUT2D eigenvalue weighted by molar-refractivity contribution is 0.111. The number of methoxy groups -OCH3 is 1. The third kappa shape index (κ3) is 4.30. The number of rotatable bonds is 5. The van der Waals surface area contributed by atoms with E-state index >= 15 is 0 Å². The first-order chi connectivity index (χ1) is 11.2. The molecule has 0 amide bonds. The number of pyridine rings is 1. The van der Waals surface area contributed by atoms with Gasteiger partial charge in [0.05, 0.1) is 19.4 Å². The minimum atomic E-state index is -0.135. The largest absolute Gasteiger partial charge is 0.495 e. The maximum atomic E-state index is 9.73. The standard InChI is InChI=1S/C19H24N2O2/c1-23-19-9-16(12-20-13-19)15-7-5-14(6-8-15)11-21-17-3-2-4-18(22)10-17/h5-9,12-13,17-18,21-22H,2-4,10-11H2,1H3/t17-,18+/m0/s1. The summed E-state index contributed by atoms with van der Waals surface area (Å²) in [7, 11) is 1.65. The zero-order valence-corrected chi connectivity index (χ0v) is 13.5. The van der Waals surface area contributed by atoms with Gasteiger partial charge in [-0.3, -0.25) is 4.98 Å². The molecule has 122 valence electrons. The maximum absolute atomic E-state index is 9.73. The summed E-state index contributed by atoms with van der Waals surface area (Å²) in [5.74, 6) is 0.768. The van der Waals surface area contributed by atoms with E-state index in [0.717, 1.165) is 49.1 Å². The Bertz CT molecular complexity index is 628. The molecule has 0 saturated heterocycles. The van der Waals surface area contributed by atoms with Gasteiger partial charge in [0.1, 0.15) is 5.75 Å². The highest BCUT2D eigenvalue weighted by atomic mass is 16.5. The van der Waals surface area contributed by atoms with E-state index < -0.39 is 0 Å². The van der Waals surface area contributed by atoms with Crippen LogP contribution in [0.25, 0.3) is 11.1 Å². The molecular formula is C19H24N2O2. The number of benzene rings is 1. The first kappa shape index (κ1) is 16.0. The fourth-order valence-electron chi connectivity index (χ4n) is 3.11. The molecule has 0 radical (unpaired) electrons. The van der Waals surface area contributed by atoms with Crippen LogP contribution >= 0.6 is 0 Å².